The Morgan fingerprint density at radius 3 is 2.68 bits per heavy atom. The van der Waals surface area contributed by atoms with Crippen molar-refractivity contribution in [3.63, 3.8) is 0 Å². The van der Waals surface area contributed by atoms with Gasteiger partial charge < -0.3 is 10.2 Å². The lowest BCUT2D eigenvalue weighted by molar-refractivity contribution is 0.383. The fourth-order valence-electron chi connectivity index (χ4n) is 2.41. The van der Waals surface area contributed by atoms with Gasteiger partial charge in [0.2, 0.25) is 0 Å². The molecule has 0 bridgehead atoms. The molecule has 1 atom stereocenters. The van der Waals surface area contributed by atoms with E-state index >= 15 is 0 Å². The molecule has 1 unspecified atom stereocenters. The molecular weight excluding hydrogens is 279 g/mol. The molecule has 1 aromatic carbocycles. The van der Waals surface area contributed by atoms with Gasteiger partial charge in [0, 0.05) is 30.2 Å². The summed E-state index contributed by atoms with van der Waals surface area (Å²) in [6.45, 7) is 9.80. The maximum absolute atomic E-state index is 6.27. The van der Waals surface area contributed by atoms with Crippen LogP contribution in [0.4, 0.5) is 5.69 Å². The maximum Gasteiger partial charge on any atom is 0.0654 e. The average molecular weight is 301 g/mol. The van der Waals surface area contributed by atoms with Crippen LogP contribution in [-0.2, 0) is 0 Å². The summed E-state index contributed by atoms with van der Waals surface area (Å²) in [6, 6.07) is 5.74. The van der Waals surface area contributed by atoms with E-state index in [1.165, 1.54) is 6.42 Å². The molecule has 0 aliphatic carbocycles. The topological polar surface area (TPSA) is 15.3 Å². The third-order valence-electron chi connectivity index (χ3n) is 3.46. The summed E-state index contributed by atoms with van der Waals surface area (Å²) < 4.78 is 0. The summed E-state index contributed by atoms with van der Waals surface area (Å²) >= 11 is 12.2. The molecule has 1 fully saturated rings. The van der Waals surface area contributed by atoms with E-state index in [0.717, 1.165) is 30.3 Å². The highest BCUT2D eigenvalue weighted by molar-refractivity contribution is 6.36. The molecule has 0 spiro atoms. The number of nitrogens with zero attached hydrogens (tertiary/aromatic N) is 1. The summed E-state index contributed by atoms with van der Waals surface area (Å²) in [5.41, 5.74) is 1.29. The van der Waals surface area contributed by atoms with Crippen molar-refractivity contribution >= 4 is 28.9 Å². The molecule has 0 aromatic heterocycles. The van der Waals surface area contributed by atoms with Crippen molar-refractivity contribution in [2.45, 2.75) is 32.7 Å². The Labute approximate surface area is 126 Å². The van der Waals surface area contributed by atoms with Gasteiger partial charge in [-0.05, 0) is 51.3 Å². The standard InChI is InChI=1S/C15H22Cl2N2/c1-15(2,3)18-9-11-6-7-19(10-11)14-5-4-12(16)8-13(14)17/h4-5,8,11,18H,6-7,9-10H2,1-3H3. The van der Waals surface area contributed by atoms with Gasteiger partial charge in [0.25, 0.3) is 0 Å². The number of nitrogens with one attached hydrogen (secondary N) is 1. The molecule has 0 saturated carbocycles. The van der Waals surface area contributed by atoms with Crippen molar-refractivity contribution < 1.29 is 0 Å². The van der Waals surface area contributed by atoms with Gasteiger partial charge in [-0.2, -0.15) is 0 Å². The Balaban J connectivity index is 1.94. The summed E-state index contributed by atoms with van der Waals surface area (Å²) in [5, 5.41) is 5.02. The smallest absolute Gasteiger partial charge is 0.0654 e. The first kappa shape index (κ1) is 15.0. The molecule has 4 heteroatoms. The van der Waals surface area contributed by atoms with Gasteiger partial charge in [-0.3, -0.25) is 0 Å². The molecule has 2 rings (SSSR count). The third kappa shape index (κ3) is 4.27. The molecule has 19 heavy (non-hydrogen) atoms. The van der Waals surface area contributed by atoms with Crippen molar-refractivity contribution in [1.29, 1.82) is 0 Å². The molecule has 0 amide bonds. The minimum Gasteiger partial charge on any atom is -0.370 e. The quantitative estimate of drug-likeness (QED) is 0.899. The molecule has 1 heterocycles. The van der Waals surface area contributed by atoms with Gasteiger partial charge in [-0.15, -0.1) is 0 Å². The van der Waals surface area contributed by atoms with E-state index in [1.807, 2.05) is 18.2 Å². The number of anilines is 1. The zero-order valence-corrected chi connectivity index (χ0v) is 13.4. The van der Waals surface area contributed by atoms with Crippen LogP contribution in [0.3, 0.4) is 0 Å². The Morgan fingerprint density at radius 2 is 2.05 bits per heavy atom. The molecule has 0 radical (unpaired) electrons. The number of rotatable bonds is 3. The maximum atomic E-state index is 6.27. The van der Waals surface area contributed by atoms with Crippen molar-refractivity contribution in [1.82, 2.24) is 5.32 Å². The second-order valence-corrected chi connectivity index (χ2v) is 7.17. The summed E-state index contributed by atoms with van der Waals surface area (Å²) in [6.07, 6.45) is 1.21. The van der Waals surface area contributed by atoms with Crippen molar-refractivity contribution in [2.24, 2.45) is 5.92 Å². The fourth-order valence-corrected chi connectivity index (χ4v) is 2.93. The second kappa shape index (κ2) is 5.90. The van der Waals surface area contributed by atoms with Crippen LogP contribution in [0.1, 0.15) is 27.2 Å². The zero-order chi connectivity index (χ0) is 14.0. The van der Waals surface area contributed by atoms with Crippen LogP contribution >= 0.6 is 23.2 Å². The van der Waals surface area contributed by atoms with E-state index in [-0.39, 0.29) is 5.54 Å². The van der Waals surface area contributed by atoms with E-state index < -0.39 is 0 Å². The number of halogens is 2. The molecule has 2 nitrogen and oxygen atoms in total. The molecule has 1 aliphatic rings. The van der Waals surface area contributed by atoms with Crippen molar-refractivity contribution in [3.05, 3.63) is 28.2 Å². The number of hydrogen-bond donors (Lipinski definition) is 1. The minimum absolute atomic E-state index is 0.186. The van der Waals surface area contributed by atoms with Gasteiger partial charge in [0.05, 0.1) is 10.7 Å². The van der Waals surface area contributed by atoms with Crippen LogP contribution in [-0.4, -0.2) is 25.2 Å². The second-order valence-electron chi connectivity index (χ2n) is 6.33. The van der Waals surface area contributed by atoms with E-state index in [0.29, 0.717) is 10.9 Å². The van der Waals surface area contributed by atoms with Gasteiger partial charge in [0.15, 0.2) is 0 Å². The Morgan fingerprint density at radius 1 is 1.32 bits per heavy atom. The van der Waals surface area contributed by atoms with Crippen LogP contribution in [0.2, 0.25) is 10.0 Å². The third-order valence-corrected chi connectivity index (χ3v) is 4.00. The molecule has 1 N–H and O–H groups in total. The predicted octanol–water partition coefficient (Wildman–Crippen LogP) is 4.21. The molecule has 1 saturated heterocycles. The van der Waals surface area contributed by atoms with Crippen LogP contribution in [0.25, 0.3) is 0 Å². The van der Waals surface area contributed by atoms with Crippen LogP contribution in [0.15, 0.2) is 18.2 Å². The SMILES string of the molecule is CC(C)(C)NCC1CCN(c2ccc(Cl)cc2Cl)C1. The van der Waals surface area contributed by atoms with Gasteiger partial charge in [-0.25, -0.2) is 0 Å². The lowest BCUT2D eigenvalue weighted by Gasteiger charge is -2.24. The summed E-state index contributed by atoms with van der Waals surface area (Å²) in [7, 11) is 0. The lowest BCUT2D eigenvalue weighted by atomic mass is 10.1. The van der Waals surface area contributed by atoms with E-state index in [9.17, 15) is 0 Å². The lowest BCUT2D eigenvalue weighted by Crippen LogP contribution is -2.39. The van der Waals surface area contributed by atoms with Gasteiger partial charge in [-0.1, -0.05) is 23.2 Å². The molecular formula is C15H22Cl2N2. The Bertz CT molecular complexity index is 440. The van der Waals surface area contributed by atoms with Crippen LogP contribution in [0, 0.1) is 5.92 Å². The predicted molar refractivity (Wildman–Crippen MR) is 84.5 cm³/mol. The van der Waals surface area contributed by atoms with Crippen molar-refractivity contribution in [3.8, 4) is 0 Å². The number of hydrogen-bond acceptors (Lipinski definition) is 2. The molecule has 1 aromatic rings. The first-order valence-corrected chi connectivity index (χ1v) is 7.56. The molecule has 106 valence electrons. The fraction of sp³-hybridized carbons (Fsp3) is 0.600. The van der Waals surface area contributed by atoms with Crippen LogP contribution < -0.4 is 10.2 Å². The van der Waals surface area contributed by atoms with Gasteiger partial charge >= 0.3 is 0 Å². The van der Waals surface area contributed by atoms with Gasteiger partial charge in [0.1, 0.15) is 0 Å². The first-order valence-electron chi connectivity index (χ1n) is 6.80. The van der Waals surface area contributed by atoms with E-state index in [4.69, 9.17) is 23.2 Å². The monoisotopic (exact) mass is 300 g/mol. The zero-order valence-electron chi connectivity index (χ0n) is 11.8. The summed E-state index contributed by atoms with van der Waals surface area (Å²) in [4.78, 5) is 2.35. The number of benzene rings is 1. The Hall–Kier alpha value is -0.440. The highest BCUT2D eigenvalue weighted by Crippen LogP contribution is 2.32. The highest BCUT2D eigenvalue weighted by atomic mass is 35.5. The first-order chi connectivity index (χ1) is 8.85. The van der Waals surface area contributed by atoms with Crippen molar-refractivity contribution in [2.75, 3.05) is 24.5 Å². The highest BCUT2D eigenvalue weighted by Gasteiger charge is 2.25. The minimum atomic E-state index is 0.186. The normalized spacial score (nSPS) is 20.1. The Kier molecular flexibility index (Phi) is 4.65. The van der Waals surface area contributed by atoms with E-state index in [2.05, 4.69) is 31.0 Å². The largest absolute Gasteiger partial charge is 0.370 e. The molecule has 1 aliphatic heterocycles. The van der Waals surface area contributed by atoms with Crippen LogP contribution in [0.5, 0.6) is 0 Å². The summed E-state index contributed by atoms with van der Waals surface area (Å²) in [5.74, 6) is 0.686. The van der Waals surface area contributed by atoms with E-state index in [1.54, 1.807) is 0 Å². The average Bonchev–Trinajstić information content (AvgIpc) is 2.74.